The number of hydrogen-bond donors (Lipinski definition) is 1. The van der Waals surface area contributed by atoms with Crippen LogP contribution in [0.3, 0.4) is 0 Å². The Hall–Kier alpha value is -4.61. The fraction of sp³-hybridized carbons (Fsp3) is 0.432. The van der Waals surface area contributed by atoms with Crippen LogP contribution < -0.4 is 0 Å². The number of ether oxygens (including phenoxy) is 5. The Balaban J connectivity index is 1.54. The molecule has 1 spiro atoms. The van der Waals surface area contributed by atoms with Gasteiger partial charge in [0.1, 0.15) is 23.9 Å². The summed E-state index contributed by atoms with van der Waals surface area (Å²) in [6.45, 7) is 8.04. The molecule has 2 bridgehead atoms. The molecular weight excluding hydrogens is 618 g/mol. The van der Waals surface area contributed by atoms with Crippen LogP contribution in [0.25, 0.3) is 0 Å². The Kier molecular flexibility index (Phi) is 8.41. The highest BCUT2D eigenvalue weighted by molar-refractivity contribution is 5.91. The number of rotatable bonds is 7. The molecule has 3 fully saturated rings. The number of aromatic nitrogens is 1. The first kappa shape index (κ1) is 33.3. The lowest BCUT2D eigenvalue weighted by molar-refractivity contribution is -0.341. The van der Waals surface area contributed by atoms with E-state index in [1.54, 1.807) is 79.7 Å². The van der Waals surface area contributed by atoms with Gasteiger partial charge in [-0.15, -0.1) is 0 Å². The molecule has 11 nitrogen and oxygen atoms in total. The summed E-state index contributed by atoms with van der Waals surface area (Å²) in [6.07, 6.45) is -2.01. The van der Waals surface area contributed by atoms with Crippen LogP contribution in [0.5, 0.6) is 0 Å². The van der Waals surface area contributed by atoms with E-state index in [2.05, 4.69) is 4.98 Å². The Morgan fingerprint density at radius 1 is 0.750 bits per heavy atom. The quantitative estimate of drug-likeness (QED) is 0.278. The van der Waals surface area contributed by atoms with Crippen LogP contribution in [-0.2, 0) is 28.5 Å². The average Bonchev–Trinajstić information content (AvgIpc) is 3.24. The molecule has 2 aromatic carbocycles. The van der Waals surface area contributed by atoms with E-state index in [0.717, 1.165) is 0 Å². The summed E-state index contributed by atoms with van der Waals surface area (Å²) in [5.74, 6) is -3.34. The van der Waals surface area contributed by atoms with Gasteiger partial charge in [0.25, 0.3) is 0 Å². The third-order valence-corrected chi connectivity index (χ3v) is 10.3. The van der Waals surface area contributed by atoms with Crippen molar-refractivity contribution in [3.63, 3.8) is 0 Å². The SMILES string of the molecule is CC(=O)OC1CC(C)(O)C23OC(C)(C)C(CC(OC(=O)c4cccnc4)C2(C)C1OC(=O)c1ccccc1)C3OC(=O)c1ccccc1. The third kappa shape index (κ3) is 5.35. The van der Waals surface area contributed by atoms with Gasteiger partial charge in [-0.1, -0.05) is 36.4 Å². The van der Waals surface area contributed by atoms with Crippen molar-refractivity contribution in [2.75, 3.05) is 0 Å². The van der Waals surface area contributed by atoms with Crippen molar-refractivity contribution in [3.8, 4) is 0 Å². The summed E-state index contributed by atoms with van der Waals surface area (Å²) in [6, 6.07) is 19.9. The standard InChI is InChI=1S/C37H39NO10/c1-22(39)44-27-20-35(4,43)37-29(46-31(40)23-13-8-6-9-14-23)26(34(2,3)48-37)19-28(45-33(42)25-17-12-18-38-21-25)36(37,5)30(27)47-32(41)24-15-10-7-11-16-24/h6-18,21,26-30,43H,19-20H2,1-5H3. The summed E-state index contributed by atoms with van der Waals surface area (Å²) in [7, 11) is 0. The molecule has 1 N–H and O–H groups in total. The van der Waals surface area contributed by atoms with E-state index in [9.17, 15) is 24.3 Å². The molecule has 3 aliphatic rings. The van der Waals surface area contributed by atoms with Crippen LogP contribution in [0.1, 0.15) is 78.5 Å². The molecule has 2 saturated carbocycles. The van der Waals surface area contributed by atoms with E-state index in [4.69, 9.17) is 23.7 Å². The molecule has 2 aliphatic carbocycles. The van der Waals surface area contributed by atoms with E-state index >= 15 is 0 Å². The van der Waals surface area contributed by atoms with Crippen molar-refractivity contribution in [2.24, 2.45) is 11.3 Å². The highest BCUT2D eigenvalue weighted by Gasteiger charge is 2.84. The molecule has 1 saturated heterocycles. The van der Waals surface area contributed by atoms with Crippen molar-refractivity contribution >= 4 is 23.9 Å². The first-order chi connectivity index (χ1) is 22.7. The fourth-order valence-electron chi connectivity index (χ4n) is 8.21. The zero-order valence-corrected chi connectivity index (χ0v) is 27.5. The molecule has 6 rings (SSSR count). The highest BCUT2D eigenvalue weighted by Crippen LogP contribution is 2.69. The van der Waals surface area contributed by atoms with Crippen molar-refractivity contribution < 1.29 is 48.0 Å². The van der Waals surface area contributed by atoms with Gasteiger partial charge in [0.2, 0.25) is 0 Å². The minimum Gasteiger partial charge on any atom is -0.458 e. The van der Waals surface area contributed by atoms with Crippen molar-refractivity contribution in [1.82, 2.24) is 4.98 Å². The highest BCUT2D eigenvalue weighted by atomic mass is 16.6. The van der Waals surface area contributed by atoms with Gasteiger partial charge in [0.05, 0.1) is 33.3 Å². The van der Waals surface area contributed by atoms with Crippen LogP contribution in [-0.4, -0.2) is 75.2 Å². The molecule has 8 unspecified atom stereocenters. The molecule has 252 valence electrons. The maximum Gasteiger partial charge on any atom is 0.339 e. The lowest BCUT2D eigenvalue weighted by atomic mass is 9.47. The van der Waals surface area contributed by atoms with Crippen LogP contribution in [0.15, 0.2) is 85.2 Å². The second-order valence-corrected chi connectivity index (χ2v) is 13.7. The Labute approximate surface area is 278 Å². The number of aliphatic hydroxyl groups is 1. The number of pyridine rings is 1. The van der Waals surface area contributed by atoms with E-state index in [1.165, 1.54) is 26.2 Å². The largest absolute Gasteiger partial charge is 0.458 e. The predicted octanol–water partition coefficient (Wildman–Crippen LogP) is 4.72. The third-order valence-electron chi connectivity index (χ3n) is 10.3. The van der Waals surface area contributed by atoms with Crippen LogP contribution in [0.4, 0.5) is 0 Å². The molecule has 1 aromatic heterocycles. The van der Waals surface area contributed by atoms with E-state index in [1.807, 2.05) is 13.8 Å². The summed E-state index contributed by atoms with van der Waals surface area (Å²) < 4.78 is 31.6. The molecule has 3 aromatic rings. The smallest absolute Gasteiger partial charge is 0.339 e. The van der Waals surface area contributed by atoms with E-state index < -0.39 is 76.4 Å². The van der Waals surface area contributed by atoms with Gasteiger partial charge in [0.15, 0.2) is 6.10 Å². The van der Waals surface area contributed by atoms with E-state index in [-0.39, 0.29) is 24.0 Å². The van der Waals surface area contributed by atoms with Crippen molar-refractivity contribution in [3.05, 3.63) is 102 Å². The predicted molar refractivity (Wildman–Crippen MR) is 170 cm³/mol. The number of carbonyl (C=O) groups excluding carboxylic acids is 4. The molecule has 0 radical (unpaired) electrons. The maximum absolute atomic E-state index is 13.8. The topological polar surface area (TPSA) is 148 Å². The van der Waals surface area contributed by atoms with Gasteiger partial charge < -0.3 is 28.8 Å². The minimum atomic E-state index is -1.88. The maximum atomic E-state index is 13.8. The van der Waals surface area contributed by atoms with Crippen LogP contribution in [0, 0.1) is 11.3 Å². The van der Waals surface area contributed by atoms with Gasteiger partial charge in [-0.05, 0) is 70.5 Å². The summed E-state index contributed by atoms with van der Waals surface area (Å²) in [5.41, 5.74) is -5.73. The second-order valence-electron chi connectivity index (χ2n) is 13.7. The summed E-state index contributed by atoms with van der Waals surface area (Å²) >= 11 is 0. The van der Waals surface area contributed by atoms with Crippen molar-refractivity contribution in [2.45, 2.75) is 88.7 Å². The van der Waals surface area contributed by atoms with Gasteiger partial charge in [-0.25, -0.2) is 14.4 Å². The summed E-state index contributed by atoms with van der Waals surface area (Å²) in [4.78, 5) is 57.8. The molecule has 1 aliphatic heterocycles. The minimum absolute atomic E-state index is 0.0895. The summed E-state index contributed by atoms with van der Waals surface area (Å²) in [5, 5.41) is 12.6. The second kappa shape index (κ2) is 12.1. The first-order valence-corrected chi connectivity index (χ1v) is 15.9. The molecular formula is C37H39NO10. The zero-order valence-electron chi connectivity index (χ0n) is 27.5. The zero-order chi connectivity index (χ0) is 34.5. The van der Waals surface area contributed by atoms with Gasteiger partial charge in [-0.3, -0.25) is 9.78 Å². The van der Waals surface area contributed by atoms with E-state index in [0.29, 0.717) is 5.56 Å². The normalized spacial score (nSPS) is 33.1. The molecule has 8 atom stereocenters. The van der Waals surface area contributed by atoms with Gasteiger partial charge in [0, 0.05) is 31.7 Å². The Bertz CT molecular complexity index is 1690. The van der Waals surface area contributed by atoms with Gasteiger partial charge in [-0.2, -0.15) is 0 Å². The molecule has 48 heavy (non-hydrogen) atoms. The lowest BCUT2D eigenvalue weighted by Gasteiger charge is -2.65. The number of carbonyl (C=O) groups is 4. The Morgan fingerprint density at radius 2 is 1.29 bits per heavy atom. The average molecular weight is 658 g/mol. The Morgan fingerprint density at radius 3 is 1.83 bits per heavy atom. The number of fused-ring (bicyclic) bond motifs is 1. The molecule has 0 amide bonds. The molecule has 2 heterocycles. The number of hydrogen-bond acceptors (Lipinski definition) is 11. The monoisotopic (exact) mass is 657 g/mol. The van der Waals surface area contributed by atoms with Crippen LogP contribution in [0.2, 0.25) is 0 Å². The fourth-order valence-corrected chi connectivity index (χ4v) is 8.21. The lowest BCUT2D eigenvalue weighted by Crippen LogP contribution is -2.81. The number of esters is 4. The molecule has 11 heteroatoms. The van der Waals surface area contributed by atoms with Crippen LogP contribution >= 0.6 is 0 Å². The first-order valence-electron chi connectivity index (χ1n) is 15.9. The number of benzene rings is 2. The van der Waals surface area contributed by atoms with Gasteiger partial charge >= 0.3 is 23.9 Å². The number of nitrogens with zero attached hydrogens (tertiary/aromatic N) is 1. The van der Waals surface area contributed by atoms with Crippen molar-refractivity contribution in [1.29, 1.82) is 0 Å².